The lowest BCUT2D eigenvalue weighted by atomic mass is 10.1. The molecule has 0 atom stereocenters. The largest absolute Gasteiger partial charge is 0.338 e. The SMILES string of the molecule is Cc1cccc(C)c1-n1c(=O)/c(=C\c2ccc(Cl)cc2Cl)s/c1=C(/C#N)C(=O)N1CCCC1. The molecule has 3 aromatic rings. The molecule has 0 spiro atoms. The first-order valence-electron chi connectivity index (χ1n) is 10.5. The fourth-order valence-electron chi connectivity index (χ4n) is 4.04. The van der Waals surface area contributed by atoms with Gasteiger partial charge in [0.15, 0.2) is 5.57 Å². The van der Waals surface area contributed by atoms with Gasteiger partial charge in [0.05, 0.1) is 10.2 Å². The van der Waals surface area contributed by atoms with E-state index in [2.05, 4.69) is 6.07 Å². The number of aryl methyl sites for hydroxylation is 2. The molecule has 1 fully saturated rings. The van der Waals surface area contributed by atoms with Crippen LogP contribution in [-0.2, 0) is 4.79 Å². The van der Waals surface area contributed by atoms with E-state index in [9.17, 15) is 14.9 Å². The molecule has 1 aliphatic heterocycles. The Morgan fingerprint density at radius 1 is 1.12 bits per heavy atom. The van der Waals surface area contributed by atoms with E-state index in [0.29, 0.717) is 43.6 Å². The van der Waals surface area contributed by atoms with Gasteiger partial charge in [0, 0.05) is 23.1 Å². The average Bonchev–Trinajstić information content (AvgIpc) is 3.41. The highest BCUT2D eigenvalue weighted by atomic mass is 35.5. The lowest BCUT2D eigenvalue weighted by molar-refractivity contribution is -0.123. The molecule has 0 saturated carbocycles. The molecule has 0 unspecified atom stereocenters. The number of nitrogens with zero attached hydrogens (tertiary/aromatic N) is 3. The summed E-state index contributed by atoms with van der Waals surface area (Å²) in [4.78, 5) is 28.6. The van der Waals surface area contributed by atoms with Crippen LogP contribution in [-0.4, -0.2) is 28.5 Å². The Hall–Kier alpha value is -2.85. The fourth-order valence-corrected chi connectivity index (χ4v) is 5.57. The Labute approximate surface area is 205 Å². The van der Waals surface area contributed by atoms with E-state index in [1.165, 1.54) is 4.57 Å². The number of carbonyl (C=O) groups is 1. The maximum Gasteiger partial charge on any atom is 0.273 e. The zero-order valence-corrected chi connectivity index (χ0v) is 20.5. The summed E-state index contributed by atoms with van der Waals surface area (Å²) in [5.74, 6) is -0.340. The number of hydrogen-bond acceptors (Lipinski definition) is 4. The van der Waals surface area contributed by atoms with E-state index < -0.39 is 0 Å². The standard InChI is InChI=1S/C25H21Cl2N3O2S/c1-15-6-5-7-16(2)22(15)30-24(32)21(12-17-8-9-18(26)13-20(17)27)33-25(30)19(14-28)23(31)29-10-3-4-11-29/h5-9,12-13H,3-4,10-11H2,1-2H3/b21-12+,25-19-. The number of hydrogen-bond donors (Lipinski definition) is 0. The number of likely N-dealkylation sites (tertiary alicyclic amines) is 1. The molecule has 0 N–H and O–H groups in total. The van der Waals surface area contributed by atoms with Gasteiger partial charge < -0.3 is 4.90 Å². The van der Waals surface area contributed by atoms with Crippen molar-refractivity contribution in [1.29, 1.82) is 5.26 Å². The van der Waals surface area contributed by atoms with Crippen LogP contribution in [0.25, 0.3) is 17.3 Å². The van der Waals surface area contributed by atoms with Crippen molar-refractivity contribution < 1.29 is 4.79 Å². The van der Waals surface area contributed by atoms with Gasteiger partial charge in [-0.25, -0.2) is 0 Å². The van der Waals surface area contributed by atoms with E-state index in [4.69, 9.17) is 23.2 Å². The Morgan fingerprint density at radius 2 is 1.79 bits per heavy atom. The molecule has 1 saturated heterocycles. The molecule has 1 amide bonds. The van der Waals surface area contributed by atoms with E-state index >= 15 is 0 Å². The van der Waals surface area contributed by atoms with Gasteiger partial charge in [0.1, 0.15) is 10.7 Å². The van der Waals surface area contributed by atoms with Crippen molar-refractivity contribution in [1.82, 2.24) is 9.47 Å². The zero-order valence-electron chi connectivity index (χ0n) is 18.2. The molecule has 168 valence electrons. The molecular weight excluding hydrogens is 477 g/mol. The van der Waals surface area contributed by atoms with Crippen molar-refractivity contribution in [3.63, 3.8) is 0 Å². The van der Waals surface area contributed by atoms with Crippen LogP contribution in [0.1, 0.15) is 29.5 Å². The summed E-state index contributed by atoms with van der Waals surface area (Å²) in [5, 5.41) is 10.9. The third-order valence-corrected chi connectivity index (χ3v) is 7.32. The number of nitriles is 1. The summed E-state index contributed by atoms with van der Waals surface area (Å²) in [5.41, 5.74) is 2.72. The molecule has 0 radical (unpaired) electrons. The molecule has 33 heavy (non-hydrogen) atoms. The second-order valence-electron chi connectivity index (χ2n) is 7.95. The van der Waals surface area contributed by atoms with Gasteiger partial charge in [-0.3, -0.25) is 14.2 Å². The van der Waals surface area contributed by atoms with Crippen LogP contribution < -0.4 is 14.8 Å². The van der Waals surface area contributed by atoms with Crippen LogP contribution in [0.5, 0.6) is 0 Å². The first-order valence-corrected chi connectivity index (χ1v) is 12.1. The Balaban J connectivity index is 2.09. The number of rotatable bonds is 3. The van der Waals surface area contributed by atoms with Crippen molar-refractivity contribution in [2.24, 2.45) is 0 Å². The predicted octanol–water partition coefficient (Wildman–Crippen LogP) is 3.95. The molecule has 0 aliphatic carbocycles. The highest BCUT2D eigenvalue weighted by molar-refractivity contribution is 7.07. The van der Waals surface area contributed by atoms with Gasteiger partial charge in [-0.05, 0) is 61.6 Å². The number of para-hydroxylation sites is 1. The fraction of sp³-hybridized carbons (Fsp3) is 0.240. The van der Waals surface area contributed by atoms with Crippen molar-refractivity contribution >= 4 is 52.1 Å². The summed E-state index contributed by atoms with van der Waals surface area (Å²) < 4.78 is 2.20. The number of halogens is 2. The second-order valence-corrected chi connectivity index (χ2v) is 9.82. The minimum atomic E-state index is -0.340. The number of aromatic nitrogens is 1. The van der Waals surface area contributed by atoms with Crippen LogP contribution in [0.15, 0.2) is 41.2 Å². The molecule has 4 rings (SSSR count). The third kappa shape index (κ3) is 4.49. The van der Waals surface area contributed by atoms with E-state index in [1.54, 1.807) is 29.2 Å². The quantitative estimate of drug-likeness (QED) is 0.550. The van der Waals surface area contributed by atoms with Crippen LogP contribution in [0, 0.1) is 25.2 Å². The number of benzene rings is 2. The molecule has 5 nitrogen and oxygen atoms in total. The maximum absolute atomic E-state index is 13.7. The van der Waals surface area contributed by atoms with Crippen LogP contribution in [0.3, 0.4) is 0 Å². The number of carbonyl (C=O) groups excluding carboxylic acids is 1. The normalized spacial score (nSPS) is 15.0. The predicted molar refractivity (Wildman–Crippen MR) is 134 cm³/mol. The van der Waals surface area contributed by atoms with Gasteiger partial charge in [0.25, 0.3) is 11.5 Å². The smallest absolute Gasteiger partial charge is 0.273 e. The van der Waals surface area contributed by atoms with Crippen molar-refractivity contribution in [2.75, 3.05) is 13.1 Å². The van der Waals surface area contributed by atoms with Gasteiger partial charge in [-0.2, -0.15) is 5.26 Å². The van der Waals surface area contributed by atoms with Crippen LogP contribution >= 0.6 is 34.5 Å². The molecule has 8 heteroatoms. The number of thiazole rings is 1. The summed E-state index contributed by atoms with van der Waals surface area (Å²) in [6.07, 6.45) is 3.49. The second kappa shape index (κ2) is 9.56. The Bertz CT molecular complexity index is 1450. The van der Waals surface area contributed by atoms with Crippen LogP contribution in [0.4, 0.5) is 0 Å². The lowest BCUT2D eigenvalue weighted by Crippen LogP contribution is -2.35. The topological polar surface area (TPSA) is 66.1 Å². The molecular formula is C25H21Cl2N3O2S. The molecule has 1 aliphatic rings. The summed E-state index contributed by atoms with van der Waals surface area (Å²) in [6.45, 7) is 5.04. The minimum Gasteiger partial charge on any atom is -0.338 e. The Kier molecular flexibility index (Phi) is 6.76. The minimum absolute atomic E-state index is 0.0245. The summed E-state index contributed by atoms with van der Waals surface area (Å²) in [6, 6.07) is 12.9. The van der Waals surface area contributed by atoms with Crippen molar-refractivity contribution in [3.05, 3.63) is 82.7 Å². The van der Waals surface area contributed by atoms with Gasteiger partial charge >= 0.3 is 0 Å². The molecule has 2 heterocycles. The van der Waals surface area contributed by atoms with Gasteiger partial charge in [-0.15, -0.1) is 11.3 Å². The van der Waals surface area contributed by atoms with Gasteiger partial charge in [0.2, 0.25) is 0 Å². The number of amides is 1. The lowest BCUT2D eigenvalue weighted by Gasteiger charge is -2.15. The van der Waals surface area contributed by atoms with Gasteiger partial charge in [-0.1, -0.05) is 47.5 Å². The highest BCUT2D eigenvalue weighted by Crippen LogP contribution is 2.22. The van der Waals surface area contributed by atoms with Crippen molar-refractivity contribution in [3.8, 4) is 11.8 Å². The first kappa shape index (κ1) is 23.3. The highest BCUT2D eigenvalue weighted by Gasteiger charge is 2.25. The molecule has 2 aromatic carbocycles. The van der Waals surface area contributed by atoms with E-state index in [1.807, 2.05) is 32.0 Å². The van der Waals surface area contributed by atoms with E-state index in [-0.39, 0.29) is 17.0 Å². The molecule has 1 aromatic heterocycles. The summed E-state index contributed by atoms with van der Waals surface area (Å²) >= 11 is 13.5. The van der Waals surface area contributed by atoms with Crippen molar-refractivity contribution in [2.45, 2.75) is 26.7 Å². The van der Waals surface area contributed by atoms with E-state index in [0.717, 1.165) is 35.3 Å². The zero-order chi connectivity index (χ0) is 23.7. The molecule has 0 bridgehead atoms. The maximum atomic E-state index is 13.7. The summed E-state index contributed by atoms with van der Waals surface area (Å²) in [7, 11) is 0. The first-order chi connectivity index (χ1) is 15.8. The van der Waals surface area contributed by atoms with Crippen LogP contribution in [0.2, 0.25) is 10.0 Å². The average molecular weight is 498 g/mol. The third-order valence-electron chi connectivity index (χ3n) is 5.67. The monoisotopic (exact) mass is 497 g/mol. The Morgan fingerprint density at radius 3 is 2.39 bits per heavy atom.